The van der Waals surface area contributed by atoms with Gasteiger partial charge in [0.15, 0.2) is 0 Å². The quantitative estimate of drug-likeness (QED) is 0.555. The first kappa shape index (κ1) is 19.2. The van der Waals surface area contributed by atoms with Crippen molar-refractivity contribution in [2.75, 3.05) is 6.54 Å². The summed E-state index contributed by atoms with van der Waals surface area (Å²) in [7, 11) is 0. The monoisotopic (exact) mass is 419 g/mol. The highest BCUT2D eigenvalue weighted by molar-refractivity contribution is 6.67. The first-order valence-electron chi connectivity index (χ1n) is 7.49. The maximum Gasteiger partial charge on any atom is 0.400 e. The van der Waals surface area contributed by atoms with Crippen LogP contribution in [-0.4, -0.2) is 23.7 Å². The Hall–Kier alpha value is -1.56. The summed E-state index contributed by atoms with van der Waals surface area (Å²) in [6.45, 7) is -0.460. The van der Waals surface area contributed by atoms with Crippen molar-refractivity contribution in [2.45, 2.75) is 18.0 Å². The second-order valence-corrected chi connectivity index (χ2v) is 7.24. The van der Waals surface area contributed by atoms with Gasteiger partial charge in [-0.2, -0.15) is 13.2 Å². The molecule has 1 unspecified atom stereocenters. The van der Waals surface area contributed by atoms with E-state index in [9.17, 15) is 18.0 Å². The summed E-state index contributed by atoms with van der Waals surface area (Å²) in [5, 5.41) is -0.368. The summed E-state index contributed by atoms with van der Waals surface area (Å²) < 4.78 is 42.0. The molecular formula is C18H11Cl3F3NO. The molecular weight excluding hydrogens is 410 g/mol. The van der Waals surface area contributed by atoms with Crippen molar-refractivity contribution < 1.29 is 18.0 Å². The lowest BCUT2D eigenvalue weighted by atomic mass is 9.76. The summed E-state index contributed by atoms with van der Waals surface area (Å²) in [5.74, 6) is 0. The molecule has 0 bridgehead atoms. The fraction of sp³-hybridized carbons (Fsp3) is 0.222. The Morgan fingerprint density at radius 1 is 1.04 bits per heavy atom. The van der Waals surface area contributed by atoms with Crippen LogP contribution in [0.4, 0.5) is 13.2 Å². The molecule has 0 N–H and O–H groups in total. The van der Waals surface area contributed by atoms with Crippen molar-refractivity contribution in [1.82, 2.24) is 0 Å². The number of aliphatic imine (C=N–C) groups is 1. The molecule has 1 atom stereocenters. The largest absolute Gasteiger partial charge is 0.400 e. The van der Waals surface area contributed by atoms with E-state index in [-0.39, 0.29) is 27.6 Å². The Morgan fingerprint density at radius 2 is 1.62 bits per heavy atom. The Bertz CT molecular complexity index is 873. The number of carbonyl (C=O) groups excluding carboxylic acids is 1. The van der Waals surface area contributed by atoms with Gasteiger partial charge in [0, 0.05) is 27.7 Å². The zero-order valence-corrected chi connectivity index (χ0v) is 15.3. The van der Waals surface area contributed by atoms with E-state index in [1.807, 2.05) is 0 Å². The van der Waals surface area contributed by atoms with E-state index in [1.165, 1.54) is 42.5 Å². The smallest absolute Gasteiger partial charge is 0.288 e. The molecule has 0 aromatic heterocycles. The standard InChI is InChI=1S/C18H11Cl3F3NO/c19-13-5-12(6-14(20)7-13)17(18(22,23)24)8-15(25-9-17)10-1-3-11(4-2-10)16(21)26/h1-7H,8-9H2. The molecule has 0 saturated carbocycles. The minimum absolute atomic E-state index is 0.0196. The Labute approximate surface area is 162 Å². The Morgan fingerprint density at radius 3 is 2.12 bits per heavy atom. The van der Waals surface area contributed by atoms with E-state index in [0.29, 0.717) is 11.3 Å². The Kier molecular flexibility index (Phi) is 5.08. The third kappa shape index (κ3) is 3.48. The molecule has 1 heterocycles. The van der Waals surface area contributed by atoms with Gasteiger partial charge in [-0.3, -0.25) is 9.79 Å². The third-order valence-corrected chi connectivity index (χ3v) is 5.07. The van der Waals surface area contributed by atoms with Gasteiger partial charge in [0.05, 0.1) is 6.54 Å². The molecule has 8 heteroatoms. The number of rotatable bonds is 3. The van der Waals surface area contributed by atoms with Gasteiger partial charge in [-0.05, 0) is 53.1 Å². The van der Waals surface area contributed by atoms with Gasteiger partial charge in [-0.15, -0.1) is 0 Å². The molecule has 2 aromatic carbocycles. The predicted molar refractivity (Wildman–Crippen MR) is 96.8 cm³/mol. The van der Waals surface area contributed by atoms with Crippen molar-refractivity contribution >= 4 is 45.8 Å². The van der Waals surface area contributed by atoms with Crippen LogP contribution in [0, 0.1) is 0 Å². The topological polar surface area (TPSA) is 29.4 Å². The number of halogens is 6. The lowest BCUT2D eigenvalue weighted by molar-refractivity contribution is -0.183. The molecule has 0 radical (unpaired) electrons. The van der Waals surface area contributed by atoms with Crippen molar-refractivity contribution in [2.24, 2.45) is 4.99 Å². The molecule has 136 valence electrons. The molecule has 26 heavy (non-hydrogen) atoms. The van der Waals surface area contributed by atoms with Gasteiger partial charge in [0.25, 0.3) is 5.24 Å². The van der Waals surface area contributed by atoms with Crippen LogP contribution in [0.5, 0.6) is 0 Å². The number of carbonyl (C=O) groups is 1. The molecule has 2 aromatic rings. The normalized spacial score (nSPS) is 20.2. The summed E-state index contributed by atoms with van der Waals surface area (Å²) in [6, 6.07) is 9.91. The average molecular weight is 421 g/mol. The molecule has 0 spiro atoms. The van der Waals surface area contributed by atoms with Gasteiger partial charge in [-0.25, -0.2) is 0 Å². The van der Waals surface area contributed by atoms with E-state index < -0.39 is 23.4 Å². The van der Waals surface area contributed by atoms with Crippen LogP contribution in [0.3, 0.4) is 0 Å². The summed E-state index contributed by atoms with van der Waals surface area (Å²) >= 11 is 17.2. The first-order valence-corrected chi connectivity index (χ1v) is 8.63. The average Bonchev–Trinajstić information content (AvgIpc) is 3.00. The van der Waals surface area contributed by atoms with Crippen molar-refractivity contribution in [3.05, 3.63) is 69.2 Å². The molecule has 0 amide bonds. The highest BCUT2D eigenvalue weighted by Crippen LogP contribution is 2.48. The van der Waals surface area contributed by atoms with Crippen LogP contribution >= 0.6 is 34.8 Å². The first-order chi connectivity index (χ1) is 12.1. The summed E-state index contributed by atoms with van der Waals surface area (Å²) in [5.41, 5.74) is -1.15. The minimum Gasteiger partial charge on any atom is -0.288 e. The van der Waals surface area contributed by atoms with Crippen LogP contribution in [0.2, 0.25) is 10.0 Å². The SMILES string of the molecule is O=C(Cl)c1ccc(C2=NCC(c3cc(Cl)cc(Cl)c3)(C(F)(F)F)C2)cc1. The molecule has 0 saturated heterocycles. The molecule has 1 aliphatic rings. The molecule has 2 nitrogen and oxygen atoms in total. The van der Waals surface area contributed by atoms with E-state index in [1.54, 1.807) is 0 Å². The molecule has 0 fully saturated rings. The van der Waals surface area contributed by atoms with Gasteiger partial charge in [0.2, 0.25) is 0 Å². The highest BCUT2D eigenvalue weighted by Gasteiger charge is 2.58. The number of alkyl halides is 3. The molecule has 1 aliphatic heterocycles. The fourth-order valence-electron chi connectivity index (χ4n) is 2.99. The highest BCUT2D eigenvalue weighted by atomic mass is 35.5. The number of hydrogen-bond donors (Lipinski definition) is 0. The van der Waals surface area contributed by atoms with Crippen LogP contribution in [0.15, 0.2) is 47.5 Å². The second-order valence-electron chi connectivity index (χ2n) is 6.03. The van der Waals surface area contributed by atoms with Gasteiger partial charge < -0.3 is 0 Å². The number of hydrogen-bond acceptors (Lipinski definition) is 2. The fourth-order valence-corrected chi connectivity index (χ4v) is 3.64. The lowest BCUT2D eigenvalue weighted by Gasteiger charge is -2.31. The molecule has 0 aliphatic carbocycles. The number of benzene rings is 2. The zero-order valence-electron chi connectivity index (χ0n) is 13.1. The Balaban J connectivity index is 1.99. The van der Waals surface area contributed by atoms with E-state index in [2.05, 4.69) is 4.99 Å². The second kappa shape index (κ2) is 6.87. The number of nitrogens with zero attached hydrogens (tertiary/aromatic N) is 1. The van der Waals surface area contributed by atoms with Crippen LogP contribution in [0.1, 0.15) is 27.9 Å². The van der Waals surface area contributed by atoms with Gasteiger partial charge >= 0.3 is 6.18 Å². The van der Waals surface area contributed by atoms with Crippen LogP contribution in [-0.2, 0) is 5.41 Å². The van der Waals surface area contributed by atoms with Gasteiger partial charge in [-0.1, -0.05) is 35.3 Å². The van der Waals surface area contributed by atoms with Gasteiger partial charge in [0.1, 0.15) is 5.41 Å². The van der Waals surface area contributed by atoms with Crippen molar-refractivity contribution in [3.8, 4) is 0 Å². The predicted octanol–water partition coefficient (Wildman–Crippen LogP) is 6.07. The van der Waals surface area contributed by atoms with E-state index in [0.717, 1.165) is 0 Å². The van der Waals surface area contributed by atoms with Crippen LogP contribution in [0.25, 0.3) is 0 Å². The van der Waals surface area contributed by atoms with Crippen molar-refractivity contribution in [3.63, 3.8) is 0 Å². The van der Waals surface area contributed by atoms with E-state index >= 15 is 0 Å². The summed E-state index contributed by atoms with van der Waals surface area (Å²) in [6.07, 6.45) is -4.89. The van der Waals surface area contributed by atoms with Crippen LogP contribution < -0.4 is 0 Å². The minimum atomic E-state index is -4.54. The maximum atomic E-state index is 14.0. The zero-order chi connectivity index (χ0) is 19.1. The van der Waals surface area contributed by atoms with Crippen molar-refractivity contribution in [1.29, 1.82) is 0 Å². The summed E-state index contributed by atoms with van der Waals surface area (Å²) in [4.78, 5) is 15.3. The molecule has 3 rings (SSSR count). The third-order valence-electron chi connectivity index (χ3n) is 4.41. The lowest BCUT2D eigenvalue weighted by Crippen LogP contribution is -2.43. The van der Waals surface area contributed by atoms with E-state index in [4.69, 9.17) is 34.8 Å². The maximum absolute atomic E-state index is 14.0.